The van der Waals surface area contributed by atoms with Gasteiger partial charge in [-0.25, -0.2) is 4.79 Å². The average Bonchev–Trinajstić information content (AvgIpc) is 2.70. The van der Waals surface area contributed by atoms with Gasteiger partial charge in [-0.1, -0.05) is 54.6 Å². The molecule has 2 amide bonds. The summed E-state index contributed by atoms with van der Waals surface area (Å²) in [5.41, 5.74) is 9.12. The standard InChI is InChI=1S/C22H30N4O/c1-26-12-11-21(20(16-26)13-17-5-3-2-4-6-17)25-22(27)24-15-19-9-7-18(14-23)8-10-19/h2-10,20-21H,11-16,23H2,1H3,(H2,24,25,27)/t20-,21+/m0/s1. The molecule has 0 unspecified atom stereocenters. The fourth-order valence-corrected chi connectivity index (χ4v) is 3.72. The van der Waals surface area contributed by atoms with Gasteiger partial charge >= 0.3 is 6.03 Å². The van der Waals surface area contributed by atoms with E-state index in [9.17, 15) is 4.79 Å². The van der Waals surface area contributed by atoms with Crippen molar-refractivity contribution in [3.63, 3.8) is 0 Å². The highest BCUT2D eigenvalue weighted by atomic mass is 16.2. The van der Waals surface area contributed by atoms with E-state index in [4.69, 9.17) is 5.73 Å². The number of hydrogen-bond acceptors (Lipinski definition) is 3. The third-order valence-electron chi connectivity index (χ3n) is 5.31. The van der Waals surface area contributed by atoms with Crippen LogP contribution in [0.15, 0.2) is 54.6 Å². The first-order valence-electron chi connectivity index (χ1n) is 9.69. The summed E-state index contributed by atoms with van der Waals surface area (Å²) in [6.45, 7) is 3.07. The number of piperidine rings is 1. The molecule has 1 fully saturated rings. The van der Waals surface area contributed by atoms with Crippen molar-refractivity contribution in [2.45, 2.75) is 32.0 Å². The molecule has 1 aliphatic heterocycles. The lowest BCUT2D eigenvalue weighted by molar-refractivity contribution is 0.162. The number of nitrogens with two attached hydrogens (primary N) is 1. The number of hydrogen-bond donors (Lipinski definition) is 3. The predicted octanol–water partition coefficient (Wildman–Crippen LogP) is 2.51. The first-order valence-corrected chi connectivity index (χ1v) is 9.69. The van der Waals surface area contributed by atoms with E-state index in [1.54, 1.807) is 0 Å². The van der Waals surface area contributed by atoms with Crippen LogP contribution in [0, 0.1) is 5.92 Å². The zero-order valence-corrected chi connectivity index (χ0v) is 16.0. The van der Waals surface area contributed by atoms with Crippen molar-refractivity contribution in [2.75, 3.05) is 20.1 Å². The summed E-state index contributed by atoms with van der Waals surface area (Å²) in [6.07, 6.45) is 1.96. The molecule has 0 radical (unpaired) electrons. The molecule has 1 saturated heterocycles. The number of nitrogens with zero attached hydrogens (tertiary/aromatic N) is 1. The van der Waals surface area contributed by atoms with Gasteiger partial charge in [0.2, 0.25) is 0 Å². The van der Waals surface area contributed by atoms with Crippen molar-refractivity contribution < 1.29 is 4.79 Å². The Kier molecular flexibility index (Phi) is 6.85. The van der Waals surface area contributed by atoms with Crippen LogP contribution in [0.25, 0.3) is 0 Å². The molecule has 2 aromatic rings. The number of likely N-dealkylation sites (tertiary alicyclic amines) is 1. The quantitative estimate of drug-likeness (QED) is 0.736. The number of carbonyl (C=O) groups is 1. The fourth-order valence-electron chi connectivity index (χ4n) is 3.72. The SMILES string of the molecule is CN1CC[C@@H](NC(=O)NCc2ccc(CN)cc2)[C@@H](Cc2ccccc2)C1. The van der Waals surface area contributed by atoms with Crippen LogP contribution in [-0.4, -0.2) is 37.1 Å². The molecule has 2 aromatic carbocycles. The number of urea groups is 1. The second-order valence-electron chi connectivity index (χ2n) is 7.45. The Morgan fingerprint density at radius 2 is 1.78 bits per heavy atom. The van der Waals surface area contributed by atoms with Gasteiger partial charge in [0.05, 0.1) is 0 Å². The Bertz CT molecular complexity index is 717. The molecular weight excluding hydrogens is 336 g/mol. The Labute approximate surface area is 161 Å². The maximum atomic E-state index is 12.4. The Hall–Kier alpha value is -2.37. The van der Waals surface area contributed by atoms with Gasteiger partial charge in [0.15, 0.2) is 0 Å². The highest BCUT2D eigenvalue weighted by Gasteiger charge is 2.29. The Morgan fingerprint density at radius 1 is 1.07 bits per heavy atom. The number of carbonyl (C=O) groups excluding carboxylic acids is 1. The third-order valence-corrected chi connectivity index (χ3v) is 5.31. The lowest BCUT2D eigenvalue weighted by Gasteiger charge is -2.37. The molecule has 1 heterocycles. The molecule has 4 N–H and O–H groups in total. The van der Waals surface area contributed by atoms with E-state index in [0.717, 1.165) is 37.1 Å². The van der Waals surface area contributed by atoms with Crippen LogP contribution < -0.4 is 16.4 Å². The topological polar surface area (TPSA) is 70.4 Å². The van der Waals surface area contributed by atoms with Gasteiger partial charge < -0.3 is 21.3 Å². The number of rotatable bonds is 6. The van der Waals surface area contributed by atoms with Crippen molar-refractivity contribution in [1.29, 1.82) is 0 Å². The van der Waals surface area contributed by atoms with E-state index in [2.05, 4.69) is 46.8 Å². The Balaban J connectivity index is 1.53. The molecule has 0 aliphatic carbocycles. The molecule has 1 aliphatic rings. The molecule has 0 aromatic heterocycles. The molecule has 2 atom stereocenters. The average molecular weight is 367 g/mol. The van der Waals surface area contributed by atoms with Crippen molar-refractivity contribution in [3.8, 4) is 0 Å². The summed E-state index contributed by atoms with van der Waals surface area (Å²) in [4.78, 5) is 14.8. The molecule has 27 heavy (non-hydrogen) atoms. The van der Waals surface area contributed by atoms with Crippen LogP contribution in [0.4, 0.5) is 4.79 Å². The first kappa shape index (κ1) is 19.4. The molecule has 5 heteroatoms. The first-order chi connectivity index (χ1) is 13.1. The monoisotopic (exact) mass is 366 g/mol. The summed E-state index contributed by atoms with van der Waals surface area (Å²) < 4.78 is 0. The van der Waals surface area contributed by atoms with E-state index < -0.39 is 0 Å². The van der Waals surface area contributed by atoms with Crippen molar-refractivity contribution >= 4 is 6.03 Å². The summed E-state index contributed by atoms with van der Waals surface area (Å²) in [5, 5.41) is 6.19. The molecular formula is C22H30N4O. The summed E-state index contributed by atoms with van der Waals surface area (Å²) in [5.74, 6) is 0.417. The van der Waals surface area contributed by atoms with E-state index in [1.165, 1.54) is 5.56 Å². The Morgan fingerprint density at radius 3 is 2.48 bits per heavy atom. The van der Waals surface area contributed by atoms with Crippen LogP contribution in [0.5, 0.6) is 0 Å². The second kappa shape index (κ2) is 9.53. The minimum atomic E-state index is -0.0921. The fraction of sp³-hybridized carbons (Fsp3) is 0.409. The van der Waals surface area contributed by atoms with Crippen LogP contribution in [0.3, 0.4) is 0 Å². The molecule has 0 saturated carbocycles. The van der Waals surface area contributed by atoms with Gasteiger partial charge in [-0.2, -0.15) is 0 Å². The van der Waals surface area contributed by atoms with E-state index in [-0.39, 0.29) is 12.1 Å². The molecule has 0 bridgehead atoms. The zero-order valence-electron chi connectivity index (χ0n) is 16.0. The van der Waals surface area contributed by atoms with Gasteiger partial charge in [0.25, 0.3) is 0 Å². The van der Waals surface area contributed by atoms with E-state index in [1.807, 2.05) is 30.3 Å². The highest BCUT2D eigenvalue weighted by molar-refractivity contribution is 5.74. The minimum Gasteiger partial charge on any atom is -0.335 e. The molecule has 5 nitrogen and oxygen atoms in total. The lowest BCUT2D eigenvalue weighted by atomic mass is 9.87. The maximum absolute atomic E-state index is 12.4. The summed E-state index contributed by atoms with van der Waals surface area (Å²) in [7, 11) is 2.15. The van der Waals surface area contributed by atoms with Crippen LogP contribution in [0.1, 0.15) is 23.1 Å². The largest absolute Gasteiger partial charge is 0.335 e. The van der Waals surface area contributed by atoms with Gasteiger partial charge in [-0.3, -0.25) is 0 Å². The van der Waals surface area contributed by atoms with E-state index >= 15 is 0 Å². The second-order valence-corrected chi connectivity index (χ2v) is 7.45. The van der Waals surface area contributed by atoms with Crippen LogP contribution in [0.2, 0.25) is 0 Å². The normalized spacial score (nSPS) is 20.2. The highest BCUT2D eigenvalue weighted by Crippen LogP contribution is 2.21. The van der Waals surface area contributed by atoms with Crippen molar-refractivity contribution in [2.24, 2.45) is 11.7 Å². The lowest BCUT2D eigenvalue weighted by Crippen LogP contribution is -2.52. The van der Waals surface area contributed by atoms with Gasteiger partial charge in [0.1, 0.15) is 0 Å². The van der Waals surface area contributed by atoms with Gasteiger partial charge in [-0.05, 0) is 49.0 Å². The number of benzene rings is 2. The van der Waals surface area contributed by atoms with Gasteiger partial charge in [0, 0.05) is 25.7 Å². The van der Waals surface area contributed by atoms with Crippen LogP contribution >= 0.6 is 0 Å². The van der Waals surface area contributed by atoms with Crippen molar-refractivity contribution in [3.05, 3.63) is 71.3 Å². The number of amides is 2. The van der Waals surface area contributed by atoms with Gasteiger partial charge in [-0.15, -0.1) is 0 Å². The zero-order chi connectivity index (χ0) is 19.1. The molecule has 144 valence electrons. The summed E-state index contributed by atoms with van der Waals surface area (Å²) in [6, 6.07) is 18.6. The smallest absolute Gasteiger partial charge is 0.315 e. The maximum Gasteiger partial charge on any atom is 0.315 e. The van der Waals surface area contributed by atoms with Crippen molar-refractivity contribution in [1.82, 2.24) is 15.5 Å². The number of nitrogens with one attached hydrogen (secondary N) is 2. The minimum absolute atomic E-state index is 0.0921. The molecule has 0 spiro atoms. The third kappa shape index (κ3) is 5.81. The summed E-state index contributed by atoms with van der Waals surface area (Å²) >= 11 is 0. The van der Waals surface area contributed by atoms with Crippen LogP contribution in [-0.2, 0) is 19.5 Å². The predicted molar refractivity (Wildman–Crippen MR) is 109 cm³/mol. The van der Waals surface area contributed by atoms with E-state index in [0.29, 0.717) is 19.0 Å². The molecule has 3 rings (SSSR count).